The molecule has 0 radical (unpaired) electrons. The van der Waals surface area contributed by atoms with Gasteiger partial charge in [0.1, 0.15) is 28.8 Å². The van der Waals surface area contributed by atoms with E-state index in [0.717, 1.165) is 153 Å². The largest absolute Gasteiger partial charge is 0.492 e. The number of nitrogens with zero attached hydrogens (tertiary/aromatic N) is 6. The molecule has 16 rings (SSSR count). The van der Waals surface area contributed by atoms with Gasteiger partial charge in [-0.05, 0) is 158 Å². The van der Waals surface area contributed by atoms with Gasteiger partial charge < -0.3 is 70.9 Å². The van der Waals surface area contributed by atoms with Crippen molar-refractivity contribution >= 4 is 59.5 Å². The Hall–Kier alpha value is -9.97. The van der Waals surface area contributed by atoms with Crippen molar-refractivity contribution in [1.82, 2.24) is 34.6 Å². The molecule has 22 heteroatoms. The standard InChI is InChI=1S/C21H23N3O2.C20H22N2O3.C19H22N4O2.C19H20N2O3S/c22-14-17-1-3-19-18(13-17)21(15-26-19)7-11-24(12-8-21)20(25)4-2-16-5-9-23-10-6-16;21-13-15-3-5-18-17(12-15)20(14-25-18)7-9-22(10-8-20)19(23)6-4-16-2-1-11-24-16;20-10-14-1-3-17-16(9-14)19(12-25-17)5-7-23(8-6-19)18(24)4-2-15-11-21-13-22-15;20-10-13-1-3-16-15(9-13)19(12-24-16)5-7-21(8-6-19)18(23)17-4-2-14(11-22)25-17/h1-6,9-10,13H,7-8,11-12,14-15,22H2;1-6,11-12H,7-10,13-14,21H2;1-4,9,11,13H,5-8,10,12,20H2,(H,21,22);1-4,9,11H,5-8,10,12,20H2/b4-2+;6-4-;4-2-;. The number of aromatic nitrogens is 3. The molecule has 0 unspecified atom stereocenters. The van der Waals surface area contributed by atoms with E-state index in [-0.39, 0.29) is 45.3 Å². The Kier molecular flexibility index (Phi) is 21.2. The molecule has 0 atom stereocenters. The number of benzene rings is 4. The molecule has 524 valence electrons. The number of likely N-dealkylation sites (tertiary alicyclic amines) is 4. The van der Waals surface area contributed by atoms with Gasteiger partial charge in [0.25, 0.3) is 5.91 Å². The Balaban J connectivity index is 0.000000120. The summed E-state index contributed by atoms with van der Waals surface area (Å²) in [6.45, 7) is 10.7. The second-order valence-corrected chi connectivity index (χ2v) is 28.4. The summed E-state index contributed by atoms with van der Waals surface area (Å²) in [5.41, 5.74) is 34.5. The van der Waals surface area contributed by atoms with E-state index in [1.54, 1.807) is 73.7 Å². The molecular formula is C79H87N11O10S. The Morgan fingerprint density at radius 1 is 0.475 bits per heavy atom. The predicted octanol–water partition coefficient (Wildman–Crippen LogP) is 9.63. The second kappa shape index (κ2) is 30.9. The molecule has 8 aliphatic rings. The Labute approximate surface area is 592 Å². The van der Waals surface area contributed by atoms with Gasteiger partial charge in [0.05, 0.1) is 60.7 Å². The number of fused-ring (bicyclic) bond motifs is 8. The highest BCUT2D eigenvalue weighted by atomic mass is 32.1. The van der Waals surface area contributed by atoms with Gasteiger partial charge >= 0.3 is 0 Å². The Morgan fingerprint density at radius 2 is 0.871 bits per heavy atom. The smallest absolute Gasteiger partial charge is 0.263 e. The summed E-state index contributed by atoms with van der Waals surface area (Å²) in [5, 5.41) is 0. The number of rotatable bonds is 12. The van der Waals surface area contributed by atoms with Crippen LogP contribution in [0.15, 0.2) is 163 Å². The van der Waals surface area contributed by atoms with E-state index in [1.807, 2.05) is 98.5 Å². The number of imidazole rings is 1. The number of nitrogens with one attached hydrogen (secondary N) is 1. The summed E-state index contributed by atoms with van der Waals surface area (Å²) in [4.78, 5) is 80.5. The van der Waals surface area contributed by atoms with Gasteiger partial charge in [0.2, 0.25) is 17.7 Å². The molecule has 8 aromatic rings. The molecule has 8 aliphatic heterocycles. The average Bonchev–Trinajstić information content (AvgIpc) is 1.76. The molecule has 0 aliphatic carbocycles. The maximum absolute atomic E-state index is 12.7. The van der Waals surface area contributed by atoms with E-state index < -0.39 is 0 Å². The molecule has 4 saturated heterocycles. The van der Waals surface area contributed by atoms with Crippen molar-refractivity contribution in [1.29, 1.82) is 0 Å². The van der Waals surface area contributed by atoms with Crippen LogP contribution in [0.1, 0.15) is 132 Å². The average molecular weight is 1380 g/mol. The van der Waals surface area contributed by atoms with E-state index >= 15 is 0 Å². The van der Waals surface area contributed by atoms with E-state index in [4.69, 9.17) is 46.3 Å². The Morgan fingerprint density at radius 3 is 1.23 bits per heavy atom. The van der Waals surface area contributed by atoms with Gasteiger partial charge in [-0.15, -0.1) is 11.3 Å². The van der Waals surface area contributed by atoms with Crippen LogP contribution >= 0.6 is 11.3 Å². The SMILES string of the molecule is NCc1ccc2c(c1)C1(CCN(C(=O)/C=C/c3ccncc3)CC1)CO2.NCc1ccc2c(c1)C1(CCN(C(=O)/C=C\c3ccco3)CC1)CO2.NCc1ccc2c(c1)C1(CCN(C(=O)/C=C\c3cnc[nH]3)CC1)CO2.NCc1ccc2c(c1)C1(CCN(C(=O)c3ccc(C=O)s3)CC1)CO2. The summed E-state index contributed by atoms with van der Waals surface area (Å²) < 4.78 is 28.9. The quantitative estimate of drug-likeness (QED) is 0.0562. The number of pyridine rings is 1. The van der Waals surface area contributed by atoms with Crippen LogP contribution in [-0.4, -0.2) is 143 Å². The molecule has 101 heavy (non-hydrogen) atoms. The predicted molar refractivity (Wildman–Crippen MR) is 387 cm³/mol. The van der Waals surface area contributed by atoms with E-state index in [9.17, 15) is 24.0 Å². The molecular weight excluding hydrogens is 1300 g/mol. The lowest BCUT2D eigenvalue weighted by Crippen LogP contribution is -2.45. The first-order valence-corrected chi connectivity index (χ1v) is 35.6. The summed E-state index contributed by atoms with van der Waals surface area (Å²) >= 11 is 1.25. The fourth-order valence-corrected chi connectivity index (χ4v) is 15.9. The molecule has 4 aromatic carbocycles. The lowest BCUT2D eigenvalue weighted by Gasteiger charge is -2.38. The Bertz CT molecular complexity index is 4190. The maximum atomic E-state index is 12.7. The molecule has 9 N–H and O–H groups in total. The van der Waals surface area contributed by atoms with Crippen LogP contribution < -0.4 is 41.9 Å². The normalized spacial score (nSPS) is 18.3. The van der Waals surface area contributed by atoms with Gasteiger partial charge in [-0.25, -0.2) is 4.98 Å². The van der Waals surface area contributed by atoms with Crippen molar-refractivity contribution in [3.8, 4) is 23.0 Å². The van der Waals surface area contributed by atoms with Crippen molar-refractivity contribution in [3.05, 3.63) is 230 Å². The van der Waals surface area contributed by atoms with Crippen LogP contribution in [0.25, 0.3) is 18.2 Å². The van der Waals surface area contributed by atoms with Crippen LogP contribution in [0.4, 0.5) is 0 Å². The van der Waals surface area contributed by atoms with Crippen molar-refractivity contribution < 1.29 is 47.3 Å². The van der Waals surface area contributed by atoms with Gasteiger partial charge in [-0.3, -0.25) is 29.0 Å². The number of hydrogen-bond acceptors (Lipinski definition) is 17. The third kappa shape index (κ3) is 15.2. The van der Waals surface area contributed by atoms with Gasteiger partial charge in [0, 0.05) is 153 Å². The fraction of sp³-hybridized carbons (Fsp3) is 0.354. The first kappa shape index (κ1) is 69.5. The van der Waals surface area contributed by atoms with E-state index in [1.165, 1.54) is 33.6 Å². The molecule has 0 saturated carbocycles. The van der Waals surface area contributed by atoms with Crippen LogP contribution in [0.3, 0.4) is 0 Å². The topological polar surface area (TPSA) is 294 Å². The number of ether oxygens (including phenoxy) is 4. The number of hydrogen-bond donors (Lipinski definition) is 5. The van der Waals surface area contributed by atoms with Crippen LogP contribution in [0.5, 0.6) is 23.0 Å². The number of aldehydes is 1. The third-order valence-electron chi connectivity index (χ3n) is 21.5. The first-order valence-electron chi connectivity index (χ1n) is 34.8. The van der Waals surface area contributed by atoms with Crippen molar-refractivity contribution in [2.75, 3.05) is 78.8 Å². The number of nitrogens with two attached hydrogens (primary N) is 4. The van der Waals surface area contributed by atoms with Crippen molar-refractivity contribution in [2.24, 2.45) is 22.9 Å². The molecule has 4 amide bonds. The number of carbonyl (C=O) groups excluding carboxylic acids is 5. The van der Waals surface area contributed by atoms with E-state index in [2.05, 4.69) is 39.2 Å². The molecule has 4 spiro atoms. The van der Waals surface area contributed by atoms with Crippen molar-refractivity contribution in [3.63, 3.8) is 0 Å². The zero-order valence-corrected chi connectivity index (χ0v) is 57.6. The zero-order valence-electron chi connectivity index (χ0n) is 56.8. The maximum Gasteiger partial charge on any atom is 0.263 e. The number of aromatic amines is 1. The monoisotopic (exact) mass is 1380 g/mol. The summed E-state index contributed by atoms with van der Waals surface area (Å²) in [5.74, 6) is 4.69. The zero-order chi connectivity index (χ0) is 70.0. The molecule has 4 fully saturated rings. The molecule has 21 nitrogen and oxygen atoms in total. The number of amides is 4. The van der Waals surface area contributed by atoms with Crippen LogP contribution in [0, 0.1) is 0 Å². The fourth-order valence-electron chi connectivity index (χ4n) is 15.1. The molecule has 0 bridgehead atoms. The third-order valence-corrected chi connectivity index (χ3v) is 22.5. The van der Waals surface area contributed by atoms with E-state index in [0.29, 0.717) is 81.2 Å². The number of thiophene rings is 1. The highest BCUT2D eigenvalue weighted by Gasteiger charge is 2.48. The van der Waals surface area contributed by atoms with Crippen LogP contribution in [0.2, 0.25) is 0 Å². The van der Waals surface area contributed by atoms with Crippen LogP contribution in [-0.2, 0) is 62.2 Å². The lowest BCUT2D eigenvalue weighted by atomic mass is 9.74. The minimum atomic E-state index is -0.0132. The summed E-state index contributed by atoms with van der Waals surface area (Å²) in [6, 6.07) is 35.7. The minimum absolute atomic E-state index is 0.0132. The van der Waals surface area contributed by atoms with Gasteiger partial charge in [-0.2, -0.15) is 0 Å². The lowest BCUT2D eigenvalue weighted by molar-refractivity contribution is -0.128. The number of piperidine rings is 4. The number of furan rings is 1. The summed E-state index contributed by atoms with van der Waals surface area (Å²) in [7, 11) is 0. The second-order valence-electron chi connectivity index (χ2n) is 27.3. The first-order chi connectivity index (χ1) is 49.2. The molecule has 4 aromatic heterocycles. The van der Waals surface area contributed by atoms with Gasteiger partial charge in [-0.1, -0.05) is 48.5 Å². The molecule has 12 heterocycles. The minimum Gasteiger partial charge on any atom is -0.492 e. The highest BCUT2D eigenvalue weighted by Crippen LogP contribution is 2.50. The van der Waals surface area contributed by atoms with Crippen molar-refractivity contribution in [2.45, 2.75) is 99.2 Å². The van der Waals surface area contributed by atoms with Gasteiger partial charge in [0.15, 0.2) is 6.29 Å². The number of carbonyl (C=O) groups is 5. The highest BCUT2D eigenvalue weighted by molar-refractivity contribution is 7.15. The number of H-pyrrole nitrogens is 1. The summed E-state index contributed by atoms with van der Waals surface area (Å²) in [6.07, 6.45) is 26.5.